The van der Waals surface area contributed by atoms with E-state index in [0.717, 1.165) is 35.2 Å². The zero-order valence-corrected chi connectivity index (χ0v) is 23.6. The second-order valence-electron chi connectivity index (χ2n) is 10.1. The molecule has 0 fully saturated rings. The molecule has 0 aliphatic carbocycles. The lowest BCUT2D eigenvalue weighted by Gasteiger charge is -2.41. The van der Waals surface area contributed by atoms with Crippen molar-refractivity contribution in [2.45, 2.75) is 50.6 Å². The number of amides is 1. The van der Waals surface area contributed by atoms with Gasteiger partial charge in [-0.05, 0) is 66.4 Å². The van der Waals surface area contributed by atoms with E-state index in [-0.39, 0.29) is 66.4 Å². The minimum atomic E-state index is -4.70. The van der Waals surface area contributed by atoms with Crippen LogP contribution in [0.1, 0.15) is 46.7 Å². The Morgan fingerprint density at radius 3 is 2.43 bits per heavy atom. The number of nitrogens with zero attached hydrogens (tertiary/aromatic N) is 3. The number of benzene rings is 2. The first-order valence-electron chi connectivity index (χ1n) is 13.5. The van der Waals surface area contributed by atoms with Gasteiger partial charge in [0.1, 0.15) is 18.2 Å². The SMILES string of the molecule is CCC1C(Nc2ncc(OCCOC)cc2Cc2cc(C#N)cc(C(F)(F)F)c2)Cc2cc(C(F)(F)F)ccc2N1C(=O)O. The predicted molar refractivity (Wildman–Crippen MR) is 148 cm³/mol. The topological polar surface area (TPSA) is 108 Å². The average molecular weight is 623 g/mol. The summed E-state index contributed by atoms with van der Waals surface area (Å²) in [6.45, 7) is 2.13. The molecule has 2 heterocycles. The van der Waals surface area contributed by atoms with Crippen LogP contribution in [0.2, 0.25) is 0 Å². The zero-order chi connectivity index (χ0) is 32.2. The standard InChI is InChI=1S/C30H28F6N4O4/c1-3-25-24(14-19-12-21(29(31,32)33)4-5-26(19)40(25)28(41)42)39-27-20(13-23(16-38-27)44-7-6-43-2)9-17-8-18(15-37)11-22(10-17)30(34,35)36/h4-5,8,10-13,16,24-25H,3,6-7,9,14H2,1-2H3,(H,38,39)(H,41,42). The lowest BCUT2D eigenvalue weighted by atomic mass is 9.88. The Kier molecular flexibility index (Phi) is 9.58. The fraction of sp³-hybridized carbons (Fsp3) is 0.367. The van der Waals surface area contributed by atoms with E-state index in [1.165, 1.54) is 19.4 Å². The van der Waals surface area contributed by atoms with Crippen molar-refractivity contribution < 1.29 is 45.7 Å². The summed E-state index contributed by atoms with van der Waals surface area (Å²) in [5, 5.41) is 22.5. The molecule has 1 amide bonds. The molecule has 2 aromatic carbocycles. The van der Waals surface area contributed by atoms with Gasteiger partial charge in [-0.15, -0.1) is 0 Å². The van der Waals surface area contributed by atoms with Crippen molar-refractivity contribution in [2.75, 3.05) is 30.5 Å². The second kappa shape index (κ2) is 13.0. The lowest BCUT2D eigenvalue weighted by molar-refractivity contribution is -0.138. The van der Waals surface area contributed by atoms with Crippen LogP contribution in [0.4, 0.5) is 42.6 Å². The molecule has 0 saturated heterocycles. The molecule has 0 radical (unpaired) electrons. The maximum Gasteiger partial charge on any atom is 0.416 e. The number of hydrogen-bond donors (Lipinski definition) is 2. The Hall–Kier alpha value is -4.51. The van der Waals surface area contributed by atoms with Crippen LogP contribution in [0.5, 0.6) is 5.75 Å². The number of alkyl halides is 6. The number of fused-ring (bicyclic) bond motifs is 1. The van der Waals surface area contributed by atoms with E-state index in [2.05, 4.69) is 10.3 Å². The summed E-state index contributed by atoms with van der Waals surface area (Å²) in [6.07, 6.45) is -9.17. The summed E-state index contributed by atoms with van der Waals surface area (Å²) >= 11 is 0. The summed E-state index contributed by atoms with van der Waals surface area (Å²) in [5.41, 5.74) is -1.33. The largest absolute Gasteiger partial charge is 0.490 e. The molecule has 2 atom stereocenters. The van der Waals surface area contributed by atoms with E-state index in [1.807, 2.05) is 0 Å². The van der Waals surface area contributed by atoms with Gasteiger partial charge in [-0.25, -0.2) is 9.78 Å². The molecule has 3 aromatic rings. The average Bonchev–Trinajstić information content (AvgIpc) is 2.96. The van der Waals surface area contributed by atoms with Gasteiger partial charge >= 0.3 is 18.4 Å². The van der Waals surface area contributed by atoms with Crippen molar-refractivity contribution in [1.82, 2.24) is 4.98 Å². The molecule has 4 rings (SSSR count). The molecule has 0 saturated carbocycles. The van der Waals surface area contributed by atoms with Crippen molar-refractivity contribution in [3.05, 3.63) is 82.0 Å². The predicted octanol–water partition coefficient (Wildman–Crippen LogP) is 6.91. The fourth-order valence-electron chi connectivity index (χ4n) is 5.24. The molecule has 234 valence electrons. The third kappa shape index (κ3) is 7.34. The van der Waals surface area contributed by atoms with Crippen LogP contribution in [0.25, 0.3) is 0 Å². The van der Waals surface area contributed by atoms with Gasteiger partial charge in [-0.1, -0.05) is 6.92 Å². The Bertz CT molecular complexity index is 1550. The van der Waals surface area contributed by atoms with Crippen LogP contribution in [-0.4, -0.2) is 48.6 Å². The number of hydrogen-bond acceptors (Lipinski definition) is 6. The molecule has 0 bridgehead atoms. The normalized spacial score (nSPS) is 16.7. The molecule has 1 aliphatic rings. The first kappa shape index (κ1) is 32.4. The van der Waals surface area contributed by atoms with Crippen LogP contribution >= 0.6 is 0 Å². The molecule has 8 nitrogen and oxygen atoms in total. The van der Waals surface area contributed by atoms with Gasteiger partial charge in [0.15, 0.2) is 0 Å². The van der Waals surface area contributed by atoms with Crippen LogP contribution < -0.4 is 15.0 Å². The highest BCUT2D eigenvalue weighted by Gasteiger charge is 2.39. The Balaban J connectivity index is 1.76. The summed E-state index contributed by atoms with van der Waals surface area (Å²) in [6, 6.07) is 7.67. The van der Waals surface area contributed by atoms with E-state index in [0.29, 0.717) is 5.56 Å². The van der Waals surface area contributed by atoms with Crippen LogP contribution in [0.3, 0.4) is 0 Å². The van der Waals surface area contributed by atoms with Crippen molar-refractivity contribution in [3.8, 4) is 11.8 Å². The minimum absolute atomic E-state index is 0.0108. The Morgan fingerprint density at radius 2 is 1.82 bits per heavy atom. The fourth-order valence-corrected chi connectivity index (χ4v) is 5.24. The van der Waals surface area contributed by atoms with Crippen molar-refractivity contribution >= 4 is 17.6 Å². The van der Waals surface area contributed by atoms with Gasteiger partial charge in [0.05, 0.1) is 53.3 Å². The van der Waals surface area contributed by atoms with E-state index in [1.54, 1.807) is 19.1 Å². The highest BCUT2D eigenvalue weighted by molar-refractivity contribution is 5.89. The van der Waals surface area contributed by atoms with Crippen LogP contribution in [0, 0.1) is 11.3 Å². The third-order valence-electron chi connectivity index (χ3n) is 7.19. The number of ether oxygens (including phenoxy) is 2. The first-order valence-corrected chi connectivity index (χ1v) is 13.5. The van der Waals surface area contributed by atoms with Gasteiger partial charge in [-0.2, -0.15) is 31.6 Å². The maximum atomic E-state index is 13.6. The summed E-state index contributed by atoms with van der Waals surface area (Å²) < 4.78 is 91.8. The quantitative estimate of drug-likeness (QED) is 0.197. The molecule has 1 aliphatic heterocycles. The Morgan fingerprint density at radius 1 is 1.09 bits per heavy atom. The third-order valence-corrected chi connectivity index (χ3v) is 7.19. The number of carbonyl (C=O) groups is 1. The van der Waals surface area contributed by atoms with E-state index in [9.17, 15) is 41.5 Å². The van der Waals surface area contributed by atoms with Gasteiger partial charge in [-0.3, -0.25) is 4.90 Å². The molecule has 44 heavy (non-hydrogen) atoms. The van der Waals surface area contributed by atoms with E-state index >= 15 is 0 Å². The molecular weight excluding hydrogens is 594 g/mol. The van der Waals surface area contributed by atoms with E-state index < -0.39 is 41.7 Å². The van der Waals surface area contributed by atoms with Crippen LogP contribution in [-0.2, 0) is 29.9 Å². The first-order chi connectivity index (χ1) is 20.7. The number of carboxylic acid groups (broad SMARTS) is 1. The molecule has 2 unspecified atom stereocenters. The van der Waals surface area contributed by atoms with Crippen molar-refractivity contribution in [3.63, 3.8) is 0 Å². The number of anilines is 2. The smallest absolute Gasteiger partial charge is 0.416 e. The van der Waals surface area contributed by atoms with Gasteiger partial charge in [0.25, 0.3) is 0 Å². The second-order valence-corrected chi connectivity index (χ2v) is 10.1. The number of halogens is 6. The summed E-state index contributed by atoms with van der Waals surface area (Å²) in [4.78, 5) is 17.8. The summed E-state index contributed by atoms with van der Waals surface area (Å²) in [7, 11) is 1.48. The zero-order valence-electron chi connectivity index (χ0n) is 23.6. The number of nitriles is 1. The molecule has 1 aromatic heterocycles. The number of rotatable bonds is 9. The van der Waals surface area contributed by atoms with Gasteiger partial charge in [0, 0.05) is 19.1 Å². The number of methoxy groups -OCH3 is 1. The van der Waals surface area contributed by atoms with Gasteiger partial charge < -0.3 is 19.9 Å². The lowest BCUT2D eigenvalue weighted by Crippen LogP contribution is -2.53. The maximum absolute atomic E-state index is 13.6. The van der Waals surface area contributed by atoms with Crippen molar-refractivity contribution in [1.29, 1.82) is 5.26 Å². The van der Waals surface area contributed by atoms with Crippen LogP contribution in [0.15, 0.2) is 48.7 Å². The van der Waals surface area contributed by atoms with Crippen molar-refractivity contribution in [2.24, 2.45) is 0 Å². The highest BCUT2D eigenvalue weighted by Crippen LogP contribution is 2.39. The molecular formula is C30H28F6N4O4. The minimum Gasteiger partial charge on any atom is -0.490 e. The summed E-state index contributed by atoms with van der Waals surface area (Å²) in [5.74, 6) is 0.447. The van der Waals surface area contributed by atoms with E-state index in [4.69, 9.17) is 9.47 Å². The number of pyridine rings is 1. The highest BCUT2D eigenvalue weighted by atomic mass is 19.4. The van der Waals surface area contributed by atoms with Gasteiger partial charge in [0.2, 0.25) is 0 Å². The molecule has 2 N–H and O–H groups in total. The number of aromatic nitrogens is 1. The molecule has 0 spiro atoms. The monoisotopic (exact) mass is 622 g/mol. The molecule has 14 heteroatoms. The number of nitrogens with one attached hydrogen (secondary N) is 1. The Labute approximate surface area is 248 Å².